The van der Waals surface area contributed by atoms with Gasteiger partial charge in [0.05, 0.1) is 11.8 Å². The van der Waals surface area contributed by atoms with E-state index in [4.69, 9.17) is 0 Å². The second-order valence-corrected chi connectivity index (χ2v) is 7.86. The maximum Gasteiger partial charge on any atom is 0.255 e. The van der Waals surface area contributed by atoms with Crippen LogP contribution in [0.2, 0.25) is 0 Å². The number of aliphatic hydroxyl groups is 1. The zero-order valence-corrected chi connectivity index (χ0v) is 16.2. The maximum atomic E-state index is 12.6. The summed E-state index contributed by atoms with van der Waals surface area (Å²) < 4.78 is 0. The van der Waals surface area contributed by atoms with E-state index in [2.05, 4.69) is 39.1 Å². The van der Waals surface area contributed by atoms with Crippen molar-refractivity contribution in [1.29, 1.82) is 0 Å². The van der Waals surface area contributed by atoms with Crippen LogP contribution in [0.5, 0.6) is 0 Å². The van der Waals surface area contributed by atoms with Gasteiger partial charge in [-0.25, -0.2) is 9.97 Å². The number of H-pyrrole nitrogens is 1. The summed E-state index contributed by atoms with van der Waals surface area (Å²) in [5.41, 5.74) is 1.73. The molecule has 150 valence electrons. The third-order valence-electron chi connectivity index (χ3n) is 5.78. The van der Waals surface area contributed by atoms with Crippen molar-refractivity contribution < 1.29 is 9.90 Å². The summed E-state index contributed by atoms with van der Waals surface area (Å²) in [7, 11) is 0. The molecule has 2 aliphatic rings. The number of anilines is 1. The van der Waals surface area contributed by atoms with Crippen LogP contribution in [-0.2, 0) is 0 Å². The summed E-state index contributed by atoms with van der Waals surface area (Å²) in [6, 6.07) is 0.439. The number of aromatic amines is 1. The molecule has 1 saturated heterocycles. The van der Waals surface area contributed by atoms with Crippen molar-refractivity contribution in [3.05, 3.63) is 30.6 Å². The Bertz CT molecular complexity index is 853. The number of nitrogens with zero attached hydrogens (tertiary/aromatic N) is 3. The van der Waals surface area contributed by atoms with Crippen LogP contribution in [0.15, 0.2) is 25.0 Å². The van der Waals surface area contributed by atoms with E-state index in [-0.39, 0.29) is 18.0 Å². The Morgan fingerprint density at radius 3 is 2.82 bits per heavy atom. The molecule has 1 aliphatic heterocycles. The van der Waals surface area contributed by atoms with Gasteiger partial charge in [-0.3, -0.25) is 9.69 Å². The Balaban J connectivity index is 1.42. The maximum absolute atomic E-state index is 12.6. The Hall–Kier alpha value is -2.45. The fourth-order valence-corrected chi connectivity index (χ4v) is 3.80. The minimum atomic E-state index is -0.587. The van der Waals surface area contributed by atoms with Gasteiger partial charge >= 0.3 is 0 Å². The Kier molecular flexibility index (Phi) is 5.32. The quantitative estimate of drug-likeness (QED) is 0.543. The molecule has 0 radical (unpaired) electrons. The van der Waals surface area contributed by atoms with E-state index in [1.165, 1.54) is 12.8 Å². The van der Waals surface area contributed by atoms with E-state index in [1.54, 1.807) is 18.5 Å². The van der Waals surface area contributed by atoms with Crippen LogP contribution in [0.4, 0.5) is 5.82 Å². The predicted molar refractivity (Wildman–Crippen MR) is 108 cm³/mol. The summed E-state index contributed by atoms with van der Waals surface area (Å²) >= 11 is 0. The molecular formula is C20H28N6O2. The number of likely N-dealkylation sites (tertiary alicyclic amines) is 1. The highest BCUT2D eigenvalue weighted by Crippen LogP contribution is 2.32. The molecule has 3 heterocycles. The van der Waals surface area contributed by atoms with E-state index in [0.717, 1.165) is 25.9 Å². The van der Waals surface area contributed by atoms with Crippen LogP contribution in [0, 0.1) is 5.92 Å². The molecule has 2 atom stereocenters. The molecule has 2 aromatic rings. The van der Waals surface area contributed by atoms with E-state index in [9.17, 15) is 9.90 Å². The number of carbonyl (C=O) groups is 1. The van der Waals surface area contributed by atoms with Gasteiger partial charge in [-0.15, -0.1) is 0 Å². The first kappa shape index (κ1) is 18.9. The molecule has 4 N–H and O–H groups in total. The van der Waals surface area contributed by atoms with Gasteiger partial charge in [-0.05, 0) is 44.6 Å². The molecule has 28 heavy (non-hydrogen) atoms. The molecule has 2 aromatic heterocycles. The van der Waals surface area contributed by atoms with Gasteiger partial charge in [0.2, 0.25) is 0 Å². The van der Waals surface area contributed by atoms with Crippen LogP contribution in [0.3, 0.4) is 0 Å². The van der Waals surface area contributed by atoms with Crippen molar-refractivity contribution in [3.63, 3.8) is 0 Å². The number of amides is 1. The van der Waals surface area contributed by atoms with Gasteiger partial charge in [0.25, 0.3) is 5.91 Å². The van der Waals surface area contributed by atoms with E-state index >= 15 is 0 Å². The zero-order valence-electron chi connectivity index (χ0n) is 16.2. The lowest BCUT2D eigenvalue weighted by molar-refractivity contribution is 0.0263. The first-order chi connectivity index (χ1) is 13.5. The minimum absolute atomic E-state index is 0.108. The SMILES string of the molecule is C=CC(O)N1CCC(Nc2cnc3[nH]cc(C(=O)NC(C)C4CC4)c3n2)CC1. The van der Waals surface area contributed by atoms with Gasteiger partial charge in [0.15, 0.2) is 5.65 Å². The minimum Gasteiger partial charge on any atom is -0.375 e. The summed E-state index contributed by atoms with van der Waals surface area (Å²) in [5, 5.41) is 16.4. The molecule has 8 heteroatoms. The Morgan fingerprint density at radius 1 is 1.39 bits per heavy atom. The van der Waals surface area contributed by atoms with E-state index < -0.39 is 6.23 Å². The average molecular weight is 384 g/mol. The standard InChI is InChI=1S/C20H28N6O2/c1-3-17(27)26-8-6-14(7-9-26)24-16-11-22-19-18(25-16)15(10-21-19)20(28)23-12(2)13-4-5-13/h3,10-14,17,27H,1,4-9H2,2H3,(H,21,22)(H,23,28)(H,24,25). The van der Waals surface area contributed by atoms with Crippen LogP contribution >= 0.6 is 0 Å². The van der Waals surface area contributed by atoms with Gasteiger partial charge < -0.3 is 20.7 Å². The highest BCUT2D eigenvalue weighted by molar-refractivity contribution is 6.04. The smallest absolute Gasteiger partial charge is 0.255 e. The number of carbonyl (C=O) groups excluding carboxylic acids is 1. The zero-order chi connectivity index (χ0) is 19.7. The molecule has 1 aliphatic carbocycles. The van der Waals surface area contributed by atoms with Crippen LogP contribution in [0.1, 0.15) is 43.0 Å². The molecular weight excluding hydrogens is 356 g/mol. The van der Waals surface area contributed by atoms with E-state index in [1.807, 2.05) is 4.90 Å². The molecule has 0 aromatic carbocycles. The summed E-state index contributed by atoms with van der Waals surface area (Å²) in [6.45, 7) is 7.27. The average Bonchev–Trinajstić information content (AvgIpc) is 3.48. The number of rotatable bonds is 7. The van der Waals surface area contributed by atoms with Crippen molar-refractivity contribution in [2.45, 2.75) is 50.9 Å². The predicted octanol–water partition coefficient (Wildman–Crippen LogP) is 1.87. The van der Waals surface area contributed by atoms with Crippen molar-refractivity contribution in [3.8, 4) is 0 Å². The summed E-state index contributed by atoms with van der Waals surface area (Å²) in [6.07, 6.45) is 8.49. The normalized spacial score (nSPS) is 20.6. The van der Waals surface area contributed by atoms with Crippen molar-refractivity contribution in [1.82, 2.24) is 25.2 Å². The molecule has 0 spiro atoms. The molecule has 1 saturated carbocycles. The monoisotopic (exact) mass is 384 g/mol. The Labute approximate surface area is 164 Å². The lowest BCUT2D eigenvalue weighted by Gasteiger charge is -2.34. The largest absolute Gasteiger partial charge is 0.375 e. The number of aliphatic hydroxyl groups excluding tert-OH is 1. The number of hydrogen-bond donors (Lipinski definition) is 4. The molecule has 2 unspecified atom stereocenters. The number of nitrogens with one attached hydrogen (secondary N) is 3. The molecule has 0 bridgehead atoms. The first-order valence-electron chi connectivity index (χ1n) is 10.0. The summed E-state index contributed by atoms with van der Waals surface area (Å²) in [5.74, 6) is 1.16. The van der Waals surface area contributed by atoms with E-state index in [0.29, 0.717) is 28.5 Å². The third-order valence-corrected chi connectivity index (χ3v) is 5.78. The van der Waals surface area contributed by atoms with Crippen LogP contribution in [0.25, 0.3) is 11.2 Å². The lowest BCUT2D eigenvalue weighted by Crippen LogP contribution is -2.43. The molecule has 8 nitrogen and oxygen atoms in total. The number of aromatic nitrogens is 3. The highest BCUT2D eigenvalue weighted by Gasteiger charge is 2.30. The highest BCUT2D eigenvalue weighted by atomic mass is 16.3. The first-order valence-corrected chi connectivity index (χ1v) is 10.0. The molecule has 4 rings (SSSR count). The van der Waals surface area contributed by atoms with Crippen LogP contribution < -0.4 is 10.6 Å². The van der Waals surface area contributed by atoms with Gasteiger partial charge in [0.1, 0.15) is 17.6 Å². The van der Waals surface area contributed by atoms with Crippen molar-refractivity contribution >= 4 is 22.9 Å². The fourth-order valence-electron chi connectivity index (χ4n) is 3.80. The van der Waals surface area contributed by atoms with Gasteiger partial charge in [-0.2, -0.15) is 0 Å². The van der Waals surface area contributed by atoms with Crippen LogP contribution in [-0.4, -0.2) is 62.3 Å². The molecule has 1 amide bonds. The summed E-state index contributed by atoms with van der Waals surface area (Å²) in [4.78, 5) is 26.7. The Morgan fingerprint density at radius 2 is 2.14 bits per heavy atom. The fraction of sp³-hybridized carbons (Fsp3) is 0.550. The van der Waals surface area contributed by atoms with Crippen molar-refractivity contribution in [2.75, 3.05) is 18.4 Å². The second-order valence-electron chi connectivity index (χ2n) is 7.86. The lowest BCUT2D eigenvalue weighted by atomic mass is 10.0. The van der Waals surface area contributed by atoms with Crippen molar-refractivity contribution in [2.24, 2.45) is 5.92 Å². The topological polar surface area (TPSA) is 106 Å². The number of piperidine rings is 1. The molecule has 2 fully saturated rings. The van der Waals surface area contributed by atoms with Gasteiger partial charge in [-0.1, -0.05) is 6.58 Å². The number of fused-ring (bicyclic) bond motifs is 1. The third kappa shape index (κ3) is 4.02. The van der Waals surface area contributed by atoms with Gasteiger partial charge in [0, 0.05) is 31.4 Å². The number of hydrogen-bond acceptors (Lipinski definition) is 6. The second kappa shape index (κ2) is 7.89.